The molecule has 0 fully saturated rings. The van der Waals surface area contributed by atoms with E-state index in [0.717, 1.165) is 6.07 Å². The number of carboxylic acid groups (broad SMARTS) is 1. The van der Waals surface area contributed by atoms with Gasteiger partial charge in [-0.05, 0) is 6.92 Å². The third-order valence-electron chi connectivity index (χ3n) is 2.40. The van der Waals surface area contributed by atoms with Gasteiger partial charge in [0.2, 0.25) is 5.54 Å². The van der Waals surface area contributed by atoms with Gasteiger partial charge in [-0.15, -0.1) is 0 Å². The van der Waals surface area contributed by atoms with Crippen molar-refractivity contribution in [2.24, 2.45) is 0 Å². The van der Waals surface area contributed by atoms with E-state index < -0.39 is 39.1 Å². The van der Waals surface area contributed by atoms with Gasteiger partial charge >= 0.3 is 12.1 Å². The molecule has 1 aromatic rings. The van der Waals surface area contributed by atoms with Gasteiger partial charge < -0.3 is 10.4 Å². The molecular weight excluding hydrogens is 307 g/mol. The van der Waals surface area contributed by atoms with Crippen molar-refractivity contribution in [3.8, 4) is 0 Å². The Labute approximate surface area is 114 Å². The molecule has 0 aliphatic carbocycles. The van der Waals surface area contributed by atoms with Crippen molar-refractivity contribution in [2.45, 2.75) is 18.6 Å². The Kier molecular flexibility index (Phi) is 4.08. The van der Waals surface area contributed by atoms with E-state index in [1.165, 1.54) is 0 Å². The SMILES string of the molecule is CC(Nc1ncc([N+](=O)[O-])cc1Cl)(C(=O)O)C(F)(F)F. The number of pyridine rings is 1. The fourth-order valence-electron chi connectivity index (χ4n) is 1.10. The van der Waals surface area contributed by atoms with E-state index in [1.54, 1.807) is 5.32 Å². The number of aliphatic carboxylic acids is 1. The number of rotatable bonds is 4. The molecule has 11 heteroatoms. The molecule has 20 heavy (non-hydrogen) atoms. The maximum Gasteiger partial charge on any atom is 0.422 e. The molecule has 1 atom stereocenters. The highest BCUT2D eigenvalue weighted by atomic mass is 35.5. The lowest BCUT2D eigenvalue weighted by molar-refractivity contribution is -0.385. The molecule has 0 aliphatic rings. The fraction of sp³-hybridized carbons (Fsp3) is 0.333. The predicted octanol–water partition coefficient (Wildman–Crippen LogP) is 2.46. The average Bonchev–Trinajstić information content (AvgIpc) is 2.29. The number of anilines is 1. The van der Waals surface area contributed by atoms with Crippen LogP contribution >= 0.6 is 11.6 Å². The highest BCUT2D eigenvalue weighted by molar-refractivity contribution is 6.33. The monoisotopic (exact) mass is 313 g/mol. The molecule has 0 saturated carbocycles. The highest BCUT2D eigenvalue weighted by Crippen LogP contribution is 2.35. The van der Waals surface area contributed by atoms with Gasteiger partial charge in [0.25, 0.3) is 5.69 Å². The van der Waals surface area contributed by atoms with Gasteiger partial charge in [-0.3, -0.25) is 10.1 Å². The van der Waals surface area contributed by atoms with Crippen LogP contribution in [0, 0.1) is 10.1 Å². The second-order valence-electron chi connectivity index (χ2n) is 3.83. The first-order valence-corrected chi connectivity index (χ1v) is 5.25. The van der Waals surface area contributed by atoms with Crippen molar-refractivity contribution in [3.63, 3.8) is 0 Å². The summed E-state index contributed by atoms with van der Waals surface area (Å²) in [5.41, 5.74) is -3.87. The van der Waals surface area contributed by atoms with Gasteiger partial charge in [-0.25, -0.2) is 9.78 Å². The summed E-state index contributed by atoms with van der Waals surface area (Å²) in [5, 5.41) is 20.3. The third kappa shape index (κ3) is 2.90. The van der Waals surface area contributed by atoms with Crippen LogP contribution in [0.4, 0.5) is 24.7 Å². The second-order valence-corrected chi connectivity index (χ2v) is 4.24. The number of alkyl halides is 3. The highest BCUT2D eigenvalue weighted by Gasteiger charge is 2.58. The van der Waals surface area contributed by atoms with Crippen LogP contribution in [0.15, 0.2) is 12.3 Å². The first kappa shape index (κ1) is 16.0. The van der Waals surface area contributed by atoms with E-state index in [-0.39, 0.29) is 0 Å². The van der Waals surface area contributed by atoms with Crippen LogP contribution in [-0.4, -0.2) is 32.7 Å². The van der Waals surface area contributed by atoms with Crippen LogP contribution in [0.25, 0.3) is 0 Å². The minimum Gasteiger partial charge on any atom is -0.479 e. The fourth-order valence-corrected chi connectivity index (χ4v) is 1.31. The lowest BCUT2D eigenvalue weighted by Gasteiger charge is -2.29. The first-order valence-electron chi connectivity index (χ1n) is 4.87. The van der Waals surface area contributed by atoms with E-state index in [0.29, 0.717) is 13.1 Å². The predicted molar refractivity (Wildman–Crippen MR) is 61.6 cm³/mol. The molecule has 1 rings (SSSR count). The van der Waals surface area contributed by atoms with E-state index in [4.69, 9.17) is 16.7 Å². The molecule has 1 heterocycles. The summed E-state index contributed by atoms with van der Waals surface area (Å²) in [5.74, 6) is -2.82. The van der Waals surface area contributed by atoms with Crippen molar-refractivity contribution < 1.29 is 28.0 Å². The zero-order chi connectivity index (χ0) is 15.7. The molecule has 2 N–H and O–H groups in total. The summed E-state index contributed by atoms with van der Waals surface area (Å²) in [6, 6.07) is 0.759. The number of halogens is 4. The number of nitro groups is 1. The van der Waals surface area contributed by atoms with Crippen LogP contribution in [0.3, 0.4) is 0 Å². The largest absolute Gasteiger partial charge is 0.479 e. The molecule has 0 saturated heterocycles. The molecule has 110 valence electrons. The summed E-state index contributed by atoms with van der Waals surface area (Å²) < 4.78 is 38.3. The van der Waals surface area contributed by atoms with Gasteiger partial charge in [0.1, 0.15) is 12.0 Å². The molecule has 0 amide bonds. The Morgan fingerprint density at radius 1 is 1.55 bits per heavy atom. The van der Waals surface area contributed by atoms with Crippen molar-refractivity contribution in [3.05, 3.63) is 27.4 Å². The lowest BCUT2D eigenvalue weighted by atomic mass is 10.0. The second kappa shape index (κ2) is 5.12. The van der Waals surface area contributed by atoms with Crippen LogP contribution in [0.5, 0.6) is 0 Å². The standard InChI is InChI=1S/C9H7ClF3N3O4/c1-8(7(17)18,9(11,12)13)15-6-5(10)2-4(3-14-6)16(19)20/h2-3H,1H3,(H,14,15)(H,17,18). The number of carboxylic acids is 1. The summed E-state index contributed by atoms with van der Waals surface area (Å²) in [7, 11) is 0. The summed E-state index contributed by atoms with van der Waals surface area (Å²) >= 11 is 5.54. The molecular formula is C9H7ClF3N3O4. The van der Waals surface area contributed by atoms with Crippen LogP contribution in [-0.2, 0) is 4.79 Å². The molecule has 7 nitrogen and oxygen atoms in total. The molecule has 1 aromatic heterocycles. The van der Waals surface area contributed by atoms with E-state index in [1.807, 2.05) is 0 Å². The number of hydrogen-bond acceptors (Lipinski definition) is 5. The topological polar surface area (TPSA) is 105 Å². The minimum absolute atomic E-state index is 0.384. The Morgan fingerprint density at radius 3 is 2.45 bits per heavy atom. The number of aromatic nitrogens is 1. The Balaban J connectivity index is 3.20. The maximum atomic E-state index is 12.8. The molecule has 1 unspecified atom stereocenters. The number of nitrogens with zero attached hydrogens (tertiary/aromatic N) is 2. The number of carbonyl (C=O) groups is 1. The Bertz CT molecular complexity index is 566. The Hall–Kier alpha value is -2.10. The van der Waals surface area contributed by atoms with Crippen molar-refractivity contribution in [1.29, 1.82) is 0 Å². The minimum atomic E-state index is -5.13. The quantitative estimate of drug-likeness (QED) is 0.653. The number of hydrogen-bond donors (Lipinski definition) is 2. The van der Waals surface area contributed by atoms with E-state index in [2.05, 4.69) is 4.98 Å². The van der Waals surface area contributed by atoms with Gasteiger partial charge in [0.05, 0.1) is 9.95 Å². The van der Waals surface area contributed by atoms with Crippen LogP contribution < -0.4 is 5.32 Å². The molecule has 0 bridgehead atoms. The van der Waals surface area contributed by atoms with Gasteiger partial charge in [0.15, 0.2) is 0 Å². The number of nitrogens with one attached hydrogen (secondary N) is 1. The van der Waals surface area contributed by atoms with Gasteiger partial charge in [0, 0.05) is 6.07 Å². The van der Waals surface area contributed by atoms with Gasteiger partial charge in [-0.1, -0.05) is 11.6 Å². The van der Waals surface area contributed by atoms with Crippen molar-refractivity contribution in [2.75, 3.05) is 5.32 Å². The summed E-state index contributed by atoms with van der Waals surface area (Å²) in [6.45, 7) is 0.384. The average molecular weight is 314 g/mol. The maximum absolute atomic E-state index is 12.8. The molecule has 0 aliphatic heterocycles. The molecule has 0 spiro atoms. The van der Waals surface area contributed by atoms with Crippen molar-refractivity contribution >= 4 is 29.1 Å². The molecule has 0 radical (unpaired) electrons. The van der Waals surface area contributed by atoms with Crippen LogP contribution in [0.2, 0.25) is 5.02 Å². The summed E-state index contributed by atoms with van der Waals surface area (Å²) in [6.07, 6.45) is -4.47. The van der Waals surface area contributed by atoms with Crippen molar-refractivity contribution in [1.82, 2.24) is 4.98 Å². The van der Waals surface area contributed by atoms with E-state index >= 15 is 0 Å². The van der Waals surface area contributed by atoms with Gasteiger partial charge in [-0.2, -0.15) is 13.2 Å². The lowest BCUT2D eigenvalue weighted by Crippen LogP contribution is -2.55. The van der Waals surface area contributed by atoms with Crippen LogP contribution in [0.1, 0.15) is 6.92 Å². The summed E-state index contributed by atoms with van der Waals surface area (Å²) in [4.78, 5) is 23.7. The first-order chi connectivity index (χ1) is 8.99. The zero-order valence-corrected chi connectivity index (χ0v) is 10.5. The zero-order valence-electron chi connectivity index (χ0n) is 9.73. The smallest absolute Gasteiger partial charge is 0.422 e. The normalized spacial score (nSPS) is 14.4. The third-order valence-corrected chi connectivity index (χ3v) is 2.69. The molecule has 0 aromatic carbocycles. The Morgan fingerprint density at radius 2 is 2.10 bits per heavy atom. The van der Waals surface area contributed by atoms with E-state index in [9.17, 15) is 28.1 Å².